The number of thiophene rings is 1. The lowest BCUT2D eigenvalue weighted by atomic mass is 9.84. The molecule has 0 amide bonds. The molecule has 0 bridgehead atoms. The first kappa shape index (κ1) is 12.0. The zero-order valence-corrected chi connectivity index (χ0v) is 10.7. The molecule has 1 aliphatic rings. The van der Waals surface area contributed by atoms with Crippen LogP contribution in [0, 0.1) is 5.92 Å². The summed E-state index contributed by atoms with van der Waals surface area (Å²) < 4.78 is 0. The molecule has 0 fully saturated rings. The molecule has 0 aliphatic heterocycles. The molecule has 1 aromatic heterocycles. The molecule has 0 saturated carbocycles. The van der Waals surface area contributed by atoms with Gasteiger partial charge < -0.3 is 5.73 Å². The molecule has 0 spiro atoms. The zero-order valence-electron chi connectivity index (χ0n) is 9.85. The summed E-state index contributed by atoms with van der Waals surface area (Å²) in [6, 6.07) is 1.93. The number of aliphatic imine (C=N–C) groups is 1. The van der Waals surface area contributed by atoms with Crippen molar-refractivity contribution in [1.29, 1.82) is 0 Å². The summed E-state index contributed by atoms with van der Waals surface area (Å²) in [6.07, 6.45) is 5.76. The highest BCUT2D eigenvalue weighted by atomic mass is 32.1. The van der Waals surface area contributed by atoms with Crippen LogP contribution < -0.4 is 5.73 Å². The van der Waals surface area contributed by atoms with Crippen molar-refractivity contribution in [1.82, 2.24) is 0 Å². The number of allylic oxidation sites excluding steroid dienone is 1. The van der Waals surface area contributed by atoms with Crippen molar-refractivity contribution in [3.05, 3.63) is 33.8 Å². The lowest BCUT2D eigenvalue weighted by molar-refractivity contribution is 0.0902. The smallest absolute Gasteiger partial charge is 0.167 e. The number of Topliss-reactive ketones (excluding diaryl/α,β-unsaturated/α-hetero) is 1. The van der Waals surface area contributed by atoms with Crippen molar-refractivity contribution in [3.63, 3.8) is 0 Å². The van der Waals surface area contributed by atoms with Gasteiger partial charge in [-0.25, -0.2) is 0 Å². The summed E-state index contributed by atoms with van der Waals surface area (Å²) in [6.45, 7) is 1.85. The average molecular weight is 250 g/mol. The standard InChI is InChI=1S/C13H16N2OS.H2/c1-2-15-10(8-14)7-9-3-4-12-11(13(9)16)5-6-17-12;/h2,5-6,8-9H,3-4,7,14H2,1H3;1H/b10-8-,15-2?;. The van der Waals surface area contributed by atoms with Crippen LogP contribution in [0.4, 0.5) is 0 Å². The number of nitrogens with two attached hydrogens (primary N) is 1. The molecule has 1 aromatic rings. The second-order valence-electron chi connectivity index (χ2n) is 4.11. The molecule has 92 valence electrons. The molecule has 0 radical (unpaired) electrons. The SMILES string of the molecule is CC=N/C(=C\N)CC1CCc2sccc2C1=O.[HH]. The van der Waals surface area contributed by atoms with Crippen LogP contribution in [-0.2, 0) is 6.42 Å². The Kier molecular flexibility index (Phi) is 3.74. The normalized spacial score (nSPS) is 20.9. The van der Waals surface area contributed by atoms with Crippen molar-refractivity contribution in [3.8, 4) is 0 Å². The van der Waals surface area contributed by atoms with Crippen molar-refractivity contribution in [2.45, 2.75) is 26.2 Å². The average Bonchev–Trinajstić information content (AvgIpc) is 2.80. The molecule has 4 heteroatoms. The third kappa shape index (κ3) is 2.47. The second kappa shape index (κ2) is 5.27. The van der Waals surface area contributed by atoms with Crippen molar-refractivity contribution >= 4 is 23.3 Å². The van der Waals surface area contributed by atoms with Crippen LogP contribution >= 0.6 is 11.3 Å². The topological polar surface area (TPSA) is 55.4 Å². The Morgan fingerprint density at radius 3 is 3.29 bits per heavy atom. The van der Waals surface area contributed by atoms with E-state index in [1.807, 2.05) is 18.4 Å². The van der Waals surface area contributed by atoms with E-state index in [9.17, 15) is 4.79 Å². The first-order chi connectivity index (χ1) is 8.26. The second-order valence-corrected chi connectivity index (χ2v) is 5.11. The number of hydrogen-bond acceptors (Lipinski definition) is 4. The third-order valence-electron chi connectivity index (χ3n) is 3.04. The maximum Gasteiger partial charge on any atom is 0.167 e. The van der Waals surface area contributed by atoms with Crippen LogP contribution in [-0.4, -0.2) is 12.0 Å². The molecule has 2 N–H and O–H groups in total. The largest absolute Gasteiger partial charge is 0.403 e. The fourth-order valence-corrected chi connectivity index (χ4v) is 3.09. The third-order valence-corrected chi connectivity index (χ3v) is 4.03. The van der Waals surface area contributed by atoms with Gasteiger partial charge in [0, 0.05) is 36.6 Å². The van der Waals surface area contributed by atoms with E-state index in [0.29, 0.717) is 6.42 Å². The van der Waals surface area contributed by atoms with E-state index in [-0.39, 0.29) is 13.1 Å². The summed E-state index contributed by atoms with van der Waals surface area (Å²) in [5.41, 5.74) is 7.21. The van der Waals surface area contributed by atoms with Gasteiger partial charge in [-0.3, -0.25) is 9.79 Å². The summed E-state index contributed by atoms with van der Waals surface area (Å²) in [4.78, 5) is 17.6. The van der Waals surface area contributed by atoms with E-state index < -0.39 is 0 Å². The van der Waals surface area contributed by atoms with Crippen molar-refractivity contribution < 1.29 is 6.22 Å². The van der Waals surface area contributed by atoms with Gasteiger partial charge in [0.2, 0.25) is 0 Å². The molecule has 0 aromatic carbocycles. The fraction of sp³-hybridized carbons (Fsp3) is 0.385. The Balaban J connectivity index is 0.00000162. The molecule has 1 unspecified atom stereocenters. The van der Waals surface area contributed by atoms with Gasteiger partial charge in [0.05, 0.1) is 5.70 Å². The predicted molar refractivity (Wildman–Crippen MR) is 73.6 cm³/mol. The highest BCUT2D eigenvalue weighted by Crippen LogP contribution is 2.32. The summed E-state index contributed by atoms with van der Waals surface area (Å²) in [5, 5.41) is 1.99. The van der Waals surface area contributed by atoms with Gasteiger partial charge in [-0.1, -0.05) is 0 Å². The summed E-state index contributed by atoms with van der Waals surface area (Å²) in [5.74, 6) is 0.286. The molecule has 3 nitrogen and oxygen atoms in total. The van der Waals surface area contributed by atoms with Crippen LogP contribution in [0.25, 0.3) is 0 Å². The first-order valence-electron chi connectivity index (χ1n) is 5.76. The molecule has 0 saturated heterocycles. The number of nitrogens with zero attached hydrogens (tertiary/aromatic N) is 1. The minimum atomic E-state index is 0. The Morgan fingerprint density at radius 1 is 1.76 bits per heavy atom. The van der Waals surface area contributed by atoms with Crippen LogP contribution in [0.1, 0.15) is 36.4 Å². The van der Waals surface area contributed by atoms with Gasteiger partial charge in [-0.15, -0.1) is 11.3 Å². The van der Waals surface area contributed by atoms with E-state index in [1.54, 1.807) is 17.6 Å². The quantitative estimate of drug-likeness (QED) is 0.838. The van der Waals surface area contributed by atoms with Gasteiger partial charge in [-0.2, -0.15) is 0 Å². The minimum absolute atomic E-state index is 0. The molecule has 17 heavy (non-hydrogen) atoms. The van der Waals surface area contributed by atoms with Gasteiger partial charge in [0.15, 0.2) is 5.78 Å². The minimum Gasteiger partial charge on any atom is -0.403 e. The van der Waals surface area contributed by atoms with E-state index >= 15 is 0 Å². The monoisotopic (exact) mass is 250 g/mol. The maximum absolute atomic E-state index is 12.2. The number of hydrogen-bond donors (Lipinski definition) is 1. The van der Waals surface area contributed by atoms with Gasteiger partial charge in [0.25, 0.3) is 0 Å². The number of ketones is 1. The van der Waals surface area contributed by atoms with E-state index in [4.69, 9.17) is 5.73 Å². The summed E-state index contributed by atoms with van der Waals surface area (Å²) in [7, 11) is 0. The Bertz CT molecular complexity index is 479. The van der Waals surface area contributed by atoms with Gasteiger partial charge in [-0.05, 0) is 31.2 Å². The van der Waals surface area contributed by atoms with E-state index in [2.05, 4.69) is 4.99 Å². The molecule has 1 heterocycles. The van der Waals surface area contributed by atoms with Gasteiger partial charge >= 0.3 is 0 Å². The van der Waals surface area contributed by atoms with Crippen LogP contribution in [0.2, 0.25) is 0 Å². The number of carbonyl (C=O) groups is 1. The lowest BCUT2D eigenvalue weighted by Gasteiger charge is -2.20. The zero-order chi connectivity index (χ0) is 12.3. The van der Waals surface area contributed by atoms with E-state index in [0.717, 1.165) is 24.1 Å². The highest BCUT2D eigenvalue weighted by molar-refractivity contribution is 7.10. The highest BCUT2D eigenvalue weighted by Gasteiger charge is 2.28. The van der Waals surface area contributed by atoms with E-state index in [1.165, 1.54) is 11.1 Å². The molecule has 2 rings (SSSR count). The molecule has 1 atom stereocenters. The van der Waals surface area contributed by atoms with Crippen LogP contribution in [0.5, 0.6) is 0 Å². The Hall–Kier alpha value is -1.42. The summed E-state index contributed by atoms with van der Waals surface area (Å²) >= 11 is 1.68. The first-order valence-corrected chi connectivity index (χ1v) is 6.64. The number of carbonyl (C=O) groups excluding carboxylic acids is 1. The fourth-order valence-electron chi connectivity index (χ4n) is 2.19. The number of rotatable bonds is 3. The lowest BCUT2D eigenvalue weighted by Crippen LogP contribution is -2.21. The number of aryl methyl sites for hydroxylation is 1. The Morgan fingerprint density at radius 2 is 2.59 bits per heavy atom. The molecular formula is C13H18N2OS. The molecule has 1 aliphatic carbocycles. The maximum atomic E-state index is 12.2. The van der Waals surface area contributed by atoms with Crippen molar-refractivity contribution in [2.75, 3.05) is 0 Å². The molecular weight excluding hydrogens is 232 g/mol. The van der Waals surface area contributed by atoms with Gasteiger partial charge in [0.1, 0.15) is 0 Å². The predicted octanol–water partition coefficient (Wildman–Crippen LogP) is 3.02. The number of fused-ring (bicyclic) bond motifs is 1. The van der Waals surface area contributed by atoms with Crippen LogP contribution in [0.15, 0.2) is 28.3 Å². The Labute approximate surface area is 107 Å². The van der Waals surface area contributed by atoms with Crippen LogP contribution in [0.3, 0.4) is 0 Å². The van der Waals surface area contributed by atoms with Crippen molar-refractivity contribution in [2.24, 2.45) is 16.6 Å².